The largest absolute Gasteiger partial charge is 0.398 e. The van der Waals surface area contributed by atoms with E-state index in [1.165, 1.54) is 10.4 Å². The maximum atomic E-state index is 13.3. The average Bonchev–Trinajstić information content (AvgIpc) is 2.53. The van der Waals surface area contributed by atoms with Gasteiger partial charge in [-0.25, -0.2) is 12.8 Å². The Morgan fingerprint density at radius 1 is 1.35 bits per heavy atom. The van der Waals surface area contributed by atoms with E-state index in [0.717, 1.165) is 25.1 Å². The van der Waals surface area contributed by atoms with Crippen LogP contribution in [0.15, 0.2) is 23.1 Å². The van der Waals surface area contributed by atoms with Crippen LogP contribution >= 0.6 is 0 Å². The van der Waals surface area contributed by atoms with Gasteiger partial charge in [-0.15, -0.1) is 0 Å². The molecule has 2 N–H and O–H groups in total. The molecule has 0 bridgehead atoms. The molecular formula is C13H20FN3O2S. The van der Waals surface area contributed by atoms with Crippen molar-refractivity contribution in [1.82, 2.24) is 9.21 Å². The molecule has 2 rings (SSSR count). The third kappa shape index (κ3) is 2.94. The molecule has 1 fully saturated rings. The van der Waals surface area contributed by atoms with Gasteiger partial charge in [0, 0.05) is 19.1 Å². The van der Waals surface area contributed by atoms with Crippen molar-refractivity contribution in [2.75, 3.05) is 32.4 Å². The fourth-order valence-corrected chi connectivity index (χ4v) is 4.36. The smallest absolute Gasteiger partial charge is 0.245 e. The summed E-state index contributed by atoms with van der Waals surface area (Å²) in [5, 5.41) is 0. The zero-order valence-corrected chi connectivity index (χ0v) is 12.5. The van der Waals surface area contributed by atoms with E-state index in [9.17, 15) is 12.8 Å². The summed E-state index contributed by atoms with van der Waals surface area (Å²) in [5.74, 6) is -0.600. The summed E-state index contributed by atoms with van der Waals surface area (Å²) in [6.07, 6.45) is 0.745. The van der Waals surface area contributed by atoms with Gasteiger partial charge >= 0.3 is 0 Å². The van der Waals surface area contributed by atoms with Gasteiger partial charge in [-0.2, -0.15) is 4.31 Å². The van der Waals surface area contributed by atoms with Crippen LogP contribution in [0.4, 0.5) is 10.1 Å². The van der Waals surface area contributed by atoms with Crippen LogP contribution in [0.1, 0.15) is 13.3 Å². The Bertz CT molecular complexity index is 591. The molecule has 1 unspecified atom stereocenters. The molecule has 0 saturated carbocycles. The first-order valence-corrected chi connectivity index (χ1v) is 8.02. The molecule has 1 heterocycles. The Morgan fingerprint density at radius 3 is 2.75 bits per heavy atom. The molecule has 1 saturated heterocycles. The molecular weight excluding hydrogens is 281 g/mol. The average molecular weight is 301 g/mol. The van der Waals surface area contributed by atoms with Crippen LogP contribution in [-0.4, -0.2) is 50.3 Å². The first kappa shape index (κ1) is 15.2. The SMILES string of the molecule is CC1CN(C)CCCN1S(=O)(=O)c1cc(F)ccc1N. The second-order valence-corrected chi connectivity index (χ2v) is 7.12. The van der Waals surface area contributed by atoms with Crippen molar-refractivity contribution >= 4 is 15.7 Å². The van der Waals surface area contributed by atoms with Gasteiger partial charge in [0.05, 0.1) is 5.69 Å². The molecule has 0 amide bonds. The first-order chi connectivity index (χ1) is 9.32. The second kappa shape index (κ2) is 5.67. The normalized spacial score (nSPS) is 22.6. The minimum absolute atomic E-state index is 0.0798. The van der Waals surface area contributed by atoms with Gasteiger partial charge in [-0.3, -0.25) is 0 Å². The van der Waals surface area contributed by atoms with Crippen LogP contribution in [0.25, 0.3) is 0 Å². The van der Waals surface area contributed by atoms with Crippen LogP contribution in [0, 0.1) is 5.82 Å². The number of nitrogen functional groups attached to an aromatic ring is 1. The molecule has 1 aliphatic rings. The summed E-state index contributed by atoms with van der Waals surface area (Å²) in [6.45, 7) is 3.77. The lowest BCUT2D eigenvalue weighted by molar-refractivity contribution is 0.290. The standard InChI is InChI=1S/C13H20FN3O2S/c1-10-9-16(2)6-3-7-17(10)20(18,19)13-8-11(14)4-5-12(13)15/h4-5,8,10H,3,6-7,9,15H2,1-2H3. The number of nitrogens with zero attached hydrogens (tertiary/aromatic N) is 2. The van der Waals surface area contributed by atoms with Gasteiger partial charge in [0.25, 0.3) is 0 Å². The van der Waals surface area contributed by atoms with Crippen molar-refractivity contribution in [2.24, 2.45) is 0 Å². The predicted octanol–water partition coefficient (Wildman–Crippen LogP) is 1.12. The molecule has 1 atom stereocenters. The molecule has 0 spiro atoms. The van der Waals surface area contributed by atoms with E-state index < -0.39 is 15.8 Å². The lowest BCUT2D eigenvalue weighted by atomic mass is 10.3. The van der Waals surface area contributed by atoms with Gasteiger partial charge in [0.15, 0.2) is 0 Å². The zero-order valence-electron chi connectivity index (χ0n) is 11.7. The quantitative estimate of drug-likeness (QED) is 0.831. The number of rotatable bonds is 2. The second-order valence-electron chi connectivity index (χ2n) is 5.26. The van der Waals surface area contributed by atoms with Crippen LogP contribution in [-0.2, 0) is 10.0 Å². The van der Waals surface area contributed by atoms with Crippen molar-refractivity contribution in [3.63, 3.8) is 0 Å². The molecule has 20 heavy (non-hydrogen) atoms. The summed E-state index contributed by atoms with van der Waals surface area (Å²) < 4.78 is 40.1. The van der Waals surface area contributed by atoms with Crippen molar-refractivity contribution in [2.45, 2.75) is 24.3 Å². The summed E-state index contributed by atoms with van der Waals surface area (Å²) in [6, 6.07) is 3.27. The number of sulfonamides is 1. The summed E-state index contributed by atoms with van der Waals surface area (Å²) >= 11 is 0. The van der Waals surface area contributed by atoms with Crippen LogP contribution in [0.3, 0.4) is 0 Å². The highest BCUT2D eigenvalue weighted by molar-refractivity contribution is 7.89. The predicted molar refractivity (Wildman–Crippen MR) is 76.3 cm³/mol. The molecule has 0 aliphatic carbocycles. The zero-order chi connectivity index (χ0) is 14.9. The lowest BCUT2D eigenvalue weighted by Gasteiger charge is -2.27. The fourth-order valence-electron chi connectivity index (χ4n) is 2.57. The number of benzene rings is 1. The molecule has 7 heteroatoms. The van der Waals surface area contributed by atoms with Crippen molar-refractivity contribution in [1.29, 1.82) is 0 Å². The Hall–Kier alpha value is -1.18. The summed E-state index contributed by atoms with van der Waals surface area (Å²) in [7, 11) is -1.81. The molecule has 0 radical (unpaired) electrons. The summed E-state index contributed by atoms with van der Waals surface area (Å²) in [5.41, 5.74) is 5.79. The third-order valence-electron chi connectivity index (χ3n) is 3.55. The Balaban J connectivity index is 2.41. The van der Waals surface area contributed by atoms with E-state index in [1.54, 1.807) is 0 Å². The molecule has 1 aromatic rings. The summed E-state index contributed by atoms with van der Waals surface area (Å²) in [4.78, 5) is 1.95. The number of hydrogen-bond donors (Lipinski definition) is 1. The van der Waals surface area contributed by atoms with Crippen LogP contribution in [0.2, 0.25) is 0 Å². The molecule has 5 nitrogen and oxygen atoms in total. The van der Waals surface area contributed by atoms with Crippen molar-refractivity contribution in [3.05, 3.63) is 24.0 Å². The molecule has 112 valence electrons. The Kier molecular flexibility index (Phi) is 4.31. The van der Waals surface area contributed by atoms with Crippen molar-refractivity contribution in [3.8, 4) is 0 Å². The maximum Gasteiger partial charge on any atom is 0.245 e. The van der Waals surface area contributed by atoms with Gasteiger partial charge in [-0.1, -0.05) is 0 Å². The monoisotopic (exact) mass is 301 g/mol. The maximum absolute atomic E-state index is 13.3. The van der Waals surface area contributed by atoms with E-state index in [-0.39, 0.29) is 16.6 Å². The number of hydrogen-bond acceptors (Lipinski definition) is 4. The van der Waals surface area contributed by atoms with E-state index in [1.807, 2.05) is 14.0 Å². The number of likely N-dealkylation sites (N-methyl/N-ethyl adjacent to an activating group) is 1. The first-order valence-electron chi connectivity index (χ1n) is 6.58. The molecule has 0 aromatic heterocycles. The van der Waals surface area contributed by atoms with Gasteiger partial charge in [-0.05, 0) is 45.1 Å². The van der Waals surface area contributed by atoms with E-state index in [0.29, 0.717) is 13.1 Å². The molecule has 1 aromatic carbocycles. The van der Waals surface area contributed by atoms with E-state index >= 15 is 0 Å². The van der Waals surface area contributed by atoms with Gasteiger partial charge in [0.2, 0.25) is 10.0 Å². The topological polar surface area (TPSA) is 66.6 Å². The Labute approximate surface area is 119 Å². The van der Waals surface area contributed by atoms with Crippen LogP contribution < -0.4 is 5.73 Å². The van der Waals surface area contributed by atoms with Crippen LogP contribution in [0.5, 0.6) is 0 Å². The highest BCUT2D eigenvalue weighted by atomic mass is 32.2. The van der Waals surface area contributed by atoms with Crippen molar-refractivity contribution < 1.29 is 12.8 Å². The minimum atomic E-state index is -3.77. The number of anilines is 1. The highest BCUT2D eigenvalue weighted by Gasteiger charge is 2.32. The van der Waals surface area contributed by atoms with Gasteiger partial charge < -0.3 is 10.6 Å². The Morgan fingerprint density at radius 2 is 2.05 bits per heavy atom. The highest BCUT2D eigenvalue weighted by Crippen LogP contribution is 2.26. The van der Waals surface area contributed by atoms with E-state index in [4.69, 9.17) is 5.73 Å². The van der Waals surface area contributed by atoms with Gasteiger partial charge in [0.1, 0.15) is 10.7 Å². The minimum Gasteiger partial charge on any atom is -0.398 e. The number of halogens is 1. The lowest BCUT2D eigenvalue weighted by Crippen LogP contribution is -2.42. The third-order valence-corrected chi connectivity index (χ3v) is 5.62. The number of nitrogens with two attached hydrogens (primary N) is 1. The molecule has 1 aliphatic heterocycles. The van der Waals surface area contributed by atoms with E-state index in [2.05, 4.69) is 4.90 Å². The fraction of sp³-hybridized carbons (Fsp3) is 0.538.